The smallest absolute Gasteiger partial charge is 0.306 e. The zero-order valence-electron chi connectivity index (χ0n) is 45.8. The summed E-state index contributed by atoms with van der Waals surface area (Å²) in [5.41, 5.74) is 0. The summed E-state index contributed by atoms with van der Waals surface area (Å²) in [6.45, 7) is 5.46. The Labute approximate surface area is 423 Å². The van der Waals surface area contributed by atoms with Crippen LogP contribution in [-0.2, 0) is 27.9 Å². The minimum absolute atomic E-state index is 0.0269. The highest BCUT2D eigenvalue weighted by molar-refractivity contribution is 7.45. The number of carbonyl (C=O) groups is 1. The number of phosphoric acid groups is 1. The summed E-state index contributed by atoms with van der Waals surface area (Å²) in [5, 5.41) is 0. The van der Waals surface area contributed by atoms with Crippen molar-refractivity contribution in [3.63, 3.8) is 0 Å². The second-order valence-electron chi connectivity index (χ2n) is 21.0. The number of rotatable bonds is 55. The van der Waals surface area contributed by atoms with E-state index in [1.54, 1.807) is 0 Å². The van der Waals surface area contributed by atoms with Crippen molar-refractivity contribution in [2.75, 3.05) is 54.1 Å². The number of ether oxygens (including phenoxy) is 2. The van der Waals surface area contributed by atoms with Crippen molar-refractivity contribution >= 4 is 13.8 Å². The van der Waals surface area contributed by atoms with Gasteiger partial charge in [0.15, 0.2) is 0 Å². The molecule has 0 saturated heterocycles. The maximum absolute atomic E-state index is 12.8. The van der Waals surface area contributed by atoms with Gasteiger partial charge in [0, 0.05) is 13.0 Å². The number of carbonyl (C=O) groups excluding carboxylic acids is 1. The molecule has 2 unspecified atom stereocenters. The average Bonchev–Trinajstić information content (AvgIpc) is 3.30. The molecule has 0 aromatic rings. The third-order valence-electron chi connectivity index (χ3n) is 12.9. The van der Waals surface area contributed by atoms with Gasteiger partial charge in [-0.05, 0) is 51.4 Å². The largest absolute Gasteiger partial charge is 0.756 e. The lowest BCUT2D eigenvalue weighted by atomic mass is 10.0. The van der Waals surface area contributed by atoms with Crippen LogP contribution >= 0.6 is 7.82 Å². The molecule has 0 heterocycles. The predicted molar refractivity (Wildman–Crippen MR) is 291 cm³/mol. The van der Waals surface area contributed by atoms with Crippen LogP contribution in [0.1, 0.15) is 277 Å². The average molecular weight is 981 g/mol. The summed E-state index contributed by atoms with van der Waals surface area (Å²) in [6.07, 6.45) is 64.7. The number of nitrogens with zero attached hydrogens (tertiary/aromatic N) is 1. The Bertz CT molecular complexity index is 1180. The van der Waals surface area contributed by atoms with Gasteiger partial charge in [0.05, 0.1) is 34.4 Å². The fourth-order valence-corrected chi connectivity index (χ4v) is 9.17. The first-order valence-corrected chi connectivity index (χ1v) is 30.7. The molecule has 0 aromatic heterocycles. The van der Waals surface area contributed by atoms with Crippen LogP contribution in [0.5, 0.6) is 0 Å². The fraction of sp³-hybridized carbons (Fsp3) is 0.881. The van der Waals surface area contributed by atoms with E-state index in [0.29, 0.717) is 24.1 Å². The minimum Gasteiger partial charge on any atom is -0.756 e. The van der Waals surface area contributed by atoms with Crippen LogP contribution in [0.2, 0.25) is 0 Å². The fourth-order valence-electron chi connectivity index (χ4n) is 8.44. The van der Waals surface area contributed by atoms with E-state index < -0.39 is 13.9 Å². The third-order valence-corrected chi connectivity index (χ3v) is 13.9. The number of quaternary nitrogens is 1. The molecule has 0 radical (unpaired) electrons. The van der Waals surface area contributed by atoms with Crippen molar-refractivity contribution in [2.45, 2.75) is 283 Å². The van der Waals surface area contributed by atoms with Gasteiger partial charge >= 0.3 is 5.97 Å². The highest BCUT2D eigenvalue weighted by Crippen LogP contribution is 2.38. The first kappa shape index (κ1) is 66.7. The van der Waals surface area contributed by atoms with E-state index in [-0.39, 0.29) is 25.8 Å². The molecule has 0 fully saturated rings. The third kappa shape index (κ3) is 55.6. The van der Waals surface area contributed by atoms with Crippen molar-refractivity contribution in [3.8, 4) is 0 Å². The Morgan fingerprint density at radius 3 is 1.21 bits per heavy atom. The topological polar surface area (TPSA) is 94.1 Å². The van der Waals surface area contributed by atoms with Crippen LogP contribution in [0, 0.1) is 0 Å². The van der Waals surface area contributed by atoms with Gasteiger partial charge in [-0.3, -0.25) is 9.36 Å². The molecule has 0 rings (SSSR count). The molecule has 0 aliphatic carbocycles. The number of phosphoric ester groups is 1. The number of allylic oxidation sites excluding steroid dienone is 6. The maximum atomic E-state index is 12.8. The number of hydrogen-bond acceptors (Lipinski definition) is 7. The first-order chi connectivity index (χ1) is 33.1. The van der Waals surface area contributed by atoms with Gasteiger partial charge in [-0.1, -0.05) is 256 Å². The number of hydrogen-bond donors (Lipinski definition) is 0. The summed E-state index contributed by atoms with van der Waals surface area (Å²) < 4.78 is 34.9. The standard InChI is InChI=1S/C59H114NO7P/c1-6-8-10-12-14-16-18-20-22-24-26-28-29-30-31-32-34-36-38-40-42-44-46-48-50-52-59(61)67-58(57-66-68(62,63)65-55-53-60(3,4)5)56-64-54-51-49-47-45-43-41-39-37-35-33-27-25-23-21-19-17-15-13-11-9-7-2/h18,20,24,26,29-30,58H,6-17,19,21-23,25,27-28,31-57H2,1-5H3/b20-18-,26-24-,30-29-. The van der Waals surface area contributed by atoms with E-state index >= 15 is 0 Å². The molecule has 9 heteroatoms. The number of likely N-dealkylation sites (N-methyl/N-ethyl adjacent to an activating group) is 1. The molecule has 2 atom stereocenters. The second-order valence-corrected chi connectivity index (χ2v) is 22.4. The molecule has 68 heavy (non-hydrogen) atoms. The van der Waals surface area contributed by atoms with E-state index in [9.17, 15) is 14.3 Å². The molecule has 0 spiro atoms. The van der Waals surface area contributed by atoms with E-state index in [4.69, 9.17) is 18.5 Å². The van der Waals surface area contributed by atoms with Crippen LogP contribution in [-0.4, -0.2) is 70.7 Å². The lowest BCUT2D eigenvalue weighted by Gasteiger charge is -2.28. The van der Waals surface area contributed by atoms with Crippen LogP contribution in [0.25, 0.3) is 0 Å². The molecule has 0 aromatic carbocycles. The molecule has 0 saturated carbocycles. The van der Waals surface area contributed by atoms with Crippen molar-refractivity contribution in [3.05, 3.63) is 36.5 Å². The van der Waals surface area contributed by atoms with Crippen molar-refractivity contribution in [2.24, 2.45) is 0 Å². The van der Waals surface area contributed by atoms with Crippen molar-refractivity contribution < 1.29 is 37.3 Å². The highest BCUT2D eigenvalue weighted by atomic mass is 31.2. The highest BCUT2D eigenvalue weighted by Gasteiger charge is 2.20. The Balaban J connectivity index is 4.06. The molecule has 0 aliphatic rings. The zero-order chi connectivity index (χ0) is 49.8. The molecule has 0 bridgehead atoms. The quantitative estimate of drug-likeness (QED) is 0.0197. The SMILES string of the molecule is CCCCCCC/C=C\C/C=C\C/C=C\CCCCCCCCCCCCC(=O)OC(COCCCCCCCCCCCCCCCCCCCCCCC)COP(=O)([O-])OCC[N+](C)(C)C. The van der Waals surface area contributed by atoms with Gasteiger partial charge in [0.1, 0.15) is 19.3 Å². The van der Waals surface area contributed by atoms with Crippen molar-refractivity contribution in [1.82, 2.24) is 0 Å². The van der Waals surface area contributed by atoms with Crippen LogP contribution in [0.4, 0.5) is 0 Å². The van der Waals surface area contributed by atoms with Gasteiger partial charge in [-0.2, -0.15) is 0 Å². The molecule has 0 aliphatic heterocycles. The normalized spacial score (nSPS) is 13.7. The maximum Gasteiger partial charge on any atom is 0.306 e. The Morgan fingerprint density at radius 1 is 0.456 bits per heavy atom. The van der Waals surface area contributed by atoms with Crippen LogP contribution in [0.3, 0.4) is 0 Å². The first-order valence-electron chi connectivity index (χ1n) is 29.2. The summed E-state index contributed by atoms with van der Waals surface area (Å²) in [4.78, 5) is 25.3. The minimum atomic E-state index is -4.53. The Hall–Kier alpha value is -1.28. The van der Waals surface area contributed by atoms with Gasteiger partial charge < -0.3 is 27.9 Å². The van der Waals surface area contributed by atoms with E-state index in [2.05, 4.69) is 50.3 Å². The zero-order valence-corrected chi connectivity index (χ0v) is 46.7. The van der Waals surface area contributed by atoms with Crippen LogP contribution < -0.4 is 4.89 Å². The summed E-state index contributed by atoms with van der Waals surface area (Å²) in [6, 6.07) is 0. The molecular weight excluding hydrogens is 866 g/mol. The number of esters is 1. The molecule has 0 N–H and O–H groups in total. The van der Waals surface area contributed by atoms with E-state index in [1.807, 2.05) is 21.1 Å². The van der Waals surface area contributed by atoms with Gasteiger partial charge in [0.25, 0.3) is 7.82 Å². The van der Waals surface area contributed by atoms with Crippen LogP contribution in [0.15, 0.2) is 36.5 Å². The summed E-state index contributed by atoms with van der Waals surface area (Å²) in [5.74, 6) is -0.333. The Kier molecular flexibility index (Phi) is 51.1. The molecule has 8 nitrogen and oxygen atoms in total. The molecular formula is C59H114NO7P. The lowest BCUT2D eigenvalue weighted by Crippen LogP contribution is -2.37. The van der Waals surface area contributed by atoms with Crippen molar-refractivity contribution in [1.29, 1.82) is 0 Å². The second kappa shape index (κ2) is 52.1. The van der Waals surface area contributed by atoms with Gasteiger partial charge in [-0.25, -0.2) is 0 Å². The summed E-state index contributed by atoms with van der Waals surface area (Å²) in [7, 11) is 1.37. The number of unbranched alkanes of at least 4 members (excludes halogenated alkanes) is 35. The van der Waals surface area contributed by atoms with Gasteiger partial charge in [-0.15, -0.1) is 0 Å². The molecule has 402 valence electrons. The molecule has 0 amide bonds. The monoisotopic (exact) mass is 980 g/mol. The van der Waals surface area contributed by atoms with E-state index in [1.165, 1.54) is 212 Å². The predicted octanol–water partition coefficient (Wildman–Crippen LogP) is 17.8. The Morgan fingerprint density at radius 2 is 0.809 bits per heavy atom. The van der Waals surface area contributed by atoms with Gasteiger partial charge in [0.2, 0.25) is 0 Å². The van der Waals surface area contributed by atoms with E-state index in [0.717, 1.165) is 44.9 Å². The lowest BCUT2D eigenvalue weighted by molar-refractivity contribution is -0.870. The summed E-state index contributed by atoms with van der Waals surface area (Å²) >= 11 is 0.